The molecular formula is C24H14BrNO6. The van der Waals surface area contributed by atoms with Crippen LogP contribution in [0.4, 0.5) is 0 Å². The van der Waals surface area contributed by atoms with Gasteiger partial charge in [-0.15, -0.1) is 0 Å². The molecule has 0 amide bonds. The Morgan fingerprint density at radius 2 is 1.81 bits per heavy atom. The Balaban J connectivity index is 1.46. The highest BCUT2D eigenvalue weighted by molar-refractivity contribution is 9.10. The van der Waals surface area contributed by atoms with Crippen LogP contribution in [0.2, 0.25) is 0 Å². The van der Waals surface area contributed by atoms with Crippen LogP contribution in [0.5, 0.6) is 17.2 Å². The maximum Gasteiger partial charge on any atom is 0.363 e. The predicted octanol–water partition coefficient (Wildman–Crippen LogP) is 4.74. The highest BCUT2D eigenvalue weighted by Gasteiger charge is 2.26. The van der Waals surface area contributed by atoms with Crippen LogP contribution in [0.3, 0.4) is 0 Å². The molecule has 0 spiro atoms. The van der Waals surface area contributed by atoms with E-state index >= 15 is 0 Å². The summed E-state index contributed by atoms with van der Waals surface area (Å²) in [5.74, 6) is 0.491. The van der Waals surface area contributed by atoms with Gasteiger partial charge in [0.2, 0.25) is 12.7 Å². The lowest BCUT2D eigenvalue weighted by Gasteiger charge is -2.08. The maximum atomic E-state index is 12.5. The Morgan fingerprint density at radius 1 is 1.00 bits per heavy atom. The molecule has 3 aromatic carbocycles. The van der Waals surface area contributed by atoms with E-state index in [2.05, 4.69) is 20.9 Å². The minimum Gasteiger partial charge on any atom is -0.454 e. The molecule has 0 unspecified atom stereocenters. The van der Waals surface area contributed by atoms with Gasteiger partial charge in [0.05, 0.1) is 5.56 Å². The third kappa shape index (κ3) is 4.00. The quantitative estimate of drug-likeness (QED) is 0.297. The van der Waals surface area contributed by atoms with Crippen LogP contribution in [0.25, 0.3) is 6.08 Å². The van der Waals surface area contributed by atoms with E-state index in [-0.39, 0.29) is 24.1 Å². The van der Waals surface area contributed by atoms with Gasteiger partial charge in [0.25, 0.3) is 0 Å². The van der Waals surface area contributed by atoms with Gasteiger partial charge in [0, 0.05) is 15.6 Å². The van der Waals surface area contributed by atoms with Crippen molar-refractivity contribution in [3.05, 3.63) is 93.6 Å². The topological polar surface area (TPSA) is 83.4 Å². The van der Waals surface area contributed by atoms with Crippen LogP contribution < -0.4 is 14.2 Å². The van der Waals surface area contributed by atoms with Crippen molar-refractivity contribution in [1.82, 2.24) is 0 Å². The van der Waals surface area contributed by atoms with Gasteiger partial charge in [-0.3, -0.25) is 0 Å². The molecule has 0 aliphatic carbocycles. The number of aliphatic imine (C=N–C) groups is 1. The number of hydrogen-bond donors (Lipinski definition) is 0. The largest absolute Gasteiger partial charge is 0.454 e. The zero-order valence-electron chi connectivity index (χ0n) is 16.4. The molecule has 0 atom stereocenters. The summed E-state index contributed by atoms with van der Waals surface area (Å²) in [5, 5.41) is 0. The molecule has 2 aliphatic rings. The van der Waals surface area contributed by atoms with Crippen molar-refractivity contribution in [2.24, 2.45) is 4.99 Å². The molecule has 0 N–H and O–H groups in total. The van der Waals surface area contributed by atoms with Crippen LogP contribution in [0.1, 0.15) is 21.5 Å². The molecular weight excluding hydrogens is 478 g/mol. The van der Waals surface area contributed by atoms with Crippen LogP contribution in [-0.4, -0.2) is 24.6 Å². The number of fused-ring (bicyclic) bond motifs is 1. The van der Waals surface area contributed by atoms with Gasteiger partial charge < -0.3 is 18.9 Å². The van der Waals surface area contributed by atoms with Gasteiger partial charge in [-0.25, -0.2) is 14.6 Å². The van der Waals surface area contributed by atoms with E-state index in [9.17, 15) is 9.59 Å². The second-order valence-electron chi connectivity index (χ2n) is 6.84. The van der Waals surface area contributed by atoms with Crippen molar-refractivity contribution in [1.29, 1.82) is 0 Å². The van der Waals surface area contributed by atoms with E-state index < -0.39 is 11.9 Å². The first-order valence-corrected chi connectivity index (χ1v) is 10.4. The normalized spacial score (nSPS) is 15.5. The number of carbonyl (C=O) groups excluding carboxylic acids is 2. The SMILES string of the molecule is O=C1OC(c2ccc3c(c2)OCO3)=N/C1=C/c1cc(Br)ccc1OC(=O)c1ccccc1. The molecule has 3 aromatic rings. The van der Waals surface area contributed by atoms with E-state index in [0.717, 1.165) is 4.47 Å². The third-order valence-corrected chi connectivity index (χ3v) is 5.21. The second kappa shape index (κ2) is 8.32. The van der Waals surface area contributed by atoms with Gasteiger partial charge in [-0.05, 0) is 54.6 Å². The summed E-state index contributed by atoms with van der Waals surface area (Å²) >= 11 is 3.40. The minimum absolute atomic E-state index is 0.0766. The molecule has 8 heteroatoms. The lowest BCUT2D eigenvalue weighted by molar-refractivity contribution is -0.129. The number of nitrogens with zero attached hydrogens (tertiary/aromatic N) is 1. The average molecular weight is 492 g/mol. The number of halogens is 1. The molecule has 2 aliphatic heterocycles. The lowest BCUT2D eigenvalue weighted by atomic mass is 10.1. The summed E-state index contributed by atoms with van der Waals surface area (Å²) in [6.45, 7) is 0.142. The van der Waals surface area contributed by atoms with Crippen LogP contribution >= 0.6 is 15.9 Å². The van der Waals surface area contributed by atoms with Crippen molar-refractivity contribution >= 4 is 39.8 Å². The number of benzene rings is 3. The fourth-order valence-corrected chi connectivity index (χ4v) is 3.55. The number of ether oxygens (including phenoxy) is 4. The molecule has 5 rings (SSSR count). The smallest absolute Gasteiger partial charge is 0.363 e. The summed E-state index contributed by atoms with van der Waals surface area (Å²) in [5.41, 5.74) is 1.56. The number of carbonyl (C=O) groups is 2. The van der Waals surface area contributed by atoms with Crippen molar-refractivity contribution in [3.8, 4) is 17.2 Å². The molecule has 2 heterocycles. The second-order valence-corrected chi connectivity index (χ2v) is 7.76. The molecule has 0 bridgehead atoms. The number of cyclic esters (lactones) is 1. The van der Waals surface area contributed by atoms with Gasteiger partial charge in [-0.2, -0.15) is 0 Å². The molecule has 0 aromatic heterocycles. The number of hydrogen-bond acceptors (Lipinski definition) is 7. The van der Waals surface area contributed by atoms with E-state index in [4.69, 9.17) is 18.9 Å². The first-order chi connectivity index (χ1) is 15.6. The standard InChI is InChI=1S/C24H14BrNO6/c25-17-7-9-19(31-23(27)14-4-2-1-3-5-14)16(10-17)11-18-24(28)32-22(26-18)15-6-8-20-21(12-15)30-13-29-20/h1-12H,13H2/b18-11+. The Hall–Kier alpha value is -3.91. The summed E-state index contributed by atoms with van der Waals surface area (Å²) in [6, 6.07) is 18.9. The van der Waals surface area contributed by atoms with Gasteiger partial charge in [0.1, 0.15) is 5.75 Å². The molecule has 0 radical (unpaired) electrons. The number of rotatable bonds is 4. The van der Waals surface area contributed by atoms with E-state index in [1.807, 2.05) is 6.07 Å². The Kier molecular flexibility index (Phi) is 5.20. The Morgan fingerprint density at radius 3 is 2.66 bits per heavy atom. The Bertz CT molecular complexity index is 1300. The fourth-order valence-electron chi connectivity index (χ4n) is 3.17. The maximum absolute atomic E-state index is 12.5. The predicted molar refractivity (Wildman–Crippen MR) is 119 cm³/mol. The molecule has 158 valence electrons. The third-order valence-electron chi connectivity index (χ3n) is 4.72. The molecule has 0 saturated heterocycles. The van der Waals surface area contributed by atoms with Crippen molar-refractivity contribution in [2.45, 2.75) is 0 Å². The van der Waals surface area contributed by atoms with Crippen LogP contribution in [0, 0.1) is 0 Å². The lowest BCUT2D eigenvalue weighted by Crippen LogP contribution is -2.09. The summed E-state index contributed by atoms with van der Waals surface area (Å²) in [4.78, 5) is 29.3. The van der Waals surface area contributed by atoms with Crippen molar-refractivity contribution < 1.29 is 28.5 Å². The fraction of sp³-hybridized carbons (Fsp3) is 0.0417. The van der Waals surface area contributed by atoms with Gasteiger partial charge >= 0.3 is 11.9 Å². The summed E-state index contributed by atoms with van der Waals surface area (Å²) in [7, 11) is 0. The molecule has 0 saturated carbocycles. The molecule has 32 heavy (non-hydrogen) atoms. The van der Waals surface area contributed by atoms with Gasteiger partial charge in [-0.1, -0.05) is 34.1 Å². The summed E-state index contributed by atoms with van der Waals surface area (Å²) < 4.78 is 22.3. The first kappa shape index (κ1) is 20.0. The van der Waals surface area contributed by atoms with Crippen LogP contribution in [-0.2, 0) is 9.53 Å². The summed E-state index contributed by atoms with van der Waals surface area (Å²) in [6.07, 6.45) is 1.51. The van der Waals surface area contributed by atoms with Gasteiger partial charge in [0.15, 0.2) is 17.2 Å². The Labute approximate surface area is 191 Å². The highest BCUT2D eigenvalue weighted by atomic mass is 79.9. The first-order valence-electron chi connectivity index (χ1n) is 9.56. The zero-order valence-corrected chi connectivity index (χ0v) is 18.0. The van der Waals surface area contributed by atoms with Crippen molar-refractivity contribution in [2.75, 3.05) is 6.79 Å². The van der Waals surface area contributed by atoms with Crippen molar-refractivity contribution in [3.63, 3.8) is 0 Å². The number of esters is 2. The highest BCUT2D eigenvalue weighted by Crippen LogP contribution is 2.34. The van der Waals surface area contributed by atoms with E-state index in [1.165, 1.54) is 6.08 Å². The zero-order chi connectivity index (χ0) is 22.1. The van der Waals surface area contributed by atoms with Crippen LogP contribution in [0.15, 0.2) is 81.9 Å². The van der Waals surface area contributed by atoms with E-state index in [0.29, 0.717) is 28.2 Å². The molecule has 0 fully saturated rings. The van der Waals surface area contributed by atoms with E-state index in [1.54, 1.807) is 60.7 Å². The molecule has 7 nitrogen and oxygen atoms in total. The monoisotopic (exact) mass is 491 g/mol. The average Bonchev–Trinajstić information content (AvgIpc) is 3.42. The minimum atomic E-state index is -0.613.